The van der Waals surface area contributed by atoms with Crippen molar-refractivity contribution in [2.45, 2.75) is 58.0 Å². The van der Waals surface area contributed by atoms with E-state index in [0.717, 1.165) is 17.7 Å². The first-order chi connectivity index (χ1) is 9.94. The zero-order valence-electron chi connectivity index (χ0n) is 12.7. The first-order valence-electron chi connectivity index (χ1n) is 7.82. The third-order valence-electron chi connectivity index (χ3n) is 4.71. The highest BCUT2D eigenvalue weighted by atomic mass is 35.5. The molecule has 1 heterocycles. The van der Waals surface area contributed by atoms with Gasteiger partial charge in [0.15, 0.2) is 0 Å². The van der Waals surface area contributed by atoms with Gasteiger partial charge in [0, 0.05) is 29.1 Å². The van der Waals surface area contributed by atoms with Crippen LogP contribution in [0.15, 0.2) is 12.1 Å². The molecule has 0 bridgehead atoms. The predicted octanol–water partition coefficient (Wildman–Crippen LogP) is 5.38. The lowest BCUT2D eigenvalue weighted by molar-refractivity contribution is 0.173. The molecular weight excluding hydrogens is 305 g/mol. The summed E-state index contributed by atoms with van der Waals surface area (Å²) in [6.45, 7) is 5.45. The number of hydrogen-bond donors (Lipinski definition) is 1. The maximum atomic E-state index is 6.26. The summed E-state index contributed by atoms with van der Waals surface area (Å²) >= 11 is 12.4. The second-order valence-corrected chi connectivity index (χ2v) is 7.96. The molecule has 116 valence electrons. The van der Waals surface area contributed by atoms with Crippen molar-refractivity contribution in [3.8, 4) is 5.75 Å². The number of fused-ring (bicyclic) bond motifs is 1. The largest absolute Gasteiger partial charge is 0.492 e. The standard InChI is InChI=1S/C17H23Cl2NO/c1-17(2)6-3-4-12(10-17)20-15-5-7-21-16-13(15)8-11(18)9-14(16)19/h8-9,12,15,20H,3-7,10H2,1-2H3. The van der Waals surface area contributed by atoms with Crippen LogP contribution in [0.2, 0.25) is 10.0 Å². The molecule has 0 aromatic heterocycles. The van der Waals surface area contributed by atoms with Crippen LogP contribution < -0.4 is 10.1 Å². The molecule has 1 aromatic rings. The van der Waals surface area contributed by atoms with Crippen molar-refractivity contribution < 1.29 is 4.74 Å². The van der Waals surface area contributed by atoms with Crippen molar-refractivity contribution in [1.29, 1.82) is 0 Å². The molecule has 0 saturated heterocycles. The molecular formula is C17H23Cl2NO. The van der Waals surface area contributed by atoms with E-state index in [1.807, 2.05) is 6.07 Å². The monoisotopic (exact) mass is 327 g/mol. The van der Waals surface area contributed by atoms with Gasteiger partial charge in [-0.2, -0.15) is 0 Å². The molecule has 0 spiro atoms. The molecule has 1 saturated carbocycles. The average Bonchev–Trinajstić information content (AvgIpc) is 2.38. The number of benzene rings is 1. The number of ether oxygens (including phenoxy) is 1. The van der Waals surface area contributed by atoms with E-state index in [-0.39, 0.29) is 0 Å². The topological polar surface area (TPSA) is 21.3 Å². The summed E-state index contributed by atoms with van der Waals surface area (Å²) in [5, 5.41) is 5.13. The highest BCUT2D eigenvalue weighted by Gasteiger charge is 2.31. The zero-order chi connectivity index (χ0) is 15.0. The van der Waals surface area contributed by atoms with Gasteiger partial charge in [-0.15, -0.1) is 0 Å². The second kappa shape index (κ2) is 5.98. The van der Waals surface area contributed by atoms with Gasteiger partial charge in [-0.25, -0.2) is 0 Å². The van der Waals surface area contributed by atoms with Gasteiger partial charge in [-0.3, -0.25) is 0 Å². The molecule has 1 aliphatic carbocycles. The molecule has 1 aromatic carbocycles. The van der Waals surface area contributed by atoms with Crippen molar-refractivity contribution in [3.63, 3.8) is 0 Å². The predicted molar refractivity (Wildman–Crippen MR) is 88.5 cm³/mol. The SMILES string of the molecule is CC1(C)CCCC(NC2CCOc3c(Cl)cc(Cl)cc32)C1. The van der Waals surface area contributed by atoms with Crippen LogP contribution in [0.3, 0.4) is 0 Å². The summed E-state index contributed by atoms with van der Waals surface area (Å²) in [5.74, 6) is 0.805. The van der Waals surface area contributed by atoms with Crippen molar-refractivity contribution in [1.82, 2.24) is 5.32 Å². The minimum atomic E-state index is 0.295. The Bertz CT molecular complexity index is 530. The summed E-state index contributed by atoms with van der Waals surface area (Å²) in [4.78, 5) is 0. The lowest BCUT2D eigenvalue weighted by atomic mass is 9.75. The van der Waals surface area contributed by atoms with Crippen LogP contribution in [0.25, 0.3) is 0 Å². The Labute approximate surface area is 137 Å². The van der Waals surface area contributed by atoms with Crippen molar-refractivity contribution in [2.24, 2.45) is 5.41 Å². The van der Waals surface area contributed by atoms with E-state index in [2.05, 4.69) is 19.2 Å². The first kappa shape index (κ1) is 15.5. The summed E-state index contributed by atoms with van der Waals surface area (Å²) in [6, 6.07) is 4.62. The maximum Gasteiger partial charge on any atom is 0.142 e. The first-order valence-corrected chi connectivity index (χ1v) is 8.58. The van der Waals surface area contributed by atoms with Crippen LogP contribution in [-0.2, 0) is 0 Å². The van der Waals surface area contributed by atoms with Gasteiger partial charge in [0.1, 0.15) is 5.75 Å². The highest BCUT2D eigenvalue weighted by molar-refractivity contribution is 6.35. The summed E-state index contributed by atoms with van der Waals surface area (Å²) in [6.07, 6.45) is 6.09. The van der Waals surface area contributed by atoms with Crippen LogP contribution in [0.4, 0.5) is 0 Å². The summed E-state index contributed by atoms with van der Waals surface area (Å²) < 4.78 is 5.74. The van der Waals surface area contributed by atoms with Gasteiger partial charge in [0.25, 0.3) is 0 Å². The van der Waals surface area contributed by atoms with E-state index >= 15 is 0 Å². The normalized spacial score (nSPS) is 27.8. The van der Waals surface area contributed by atoms with E-state index in [0.29, 0.717) is 34.2 Å². The van der Waals surface area contributed by atoms with Crippen LogP contribution >= 0.6 is 23.2 Å². The van der Waals surface area contributed by atoms with Crippen LogP contribution in [0, 0.1) is 5.41 Å². The Morgan fingerprint density at radius 3 is 2.81 bits per heavy atom. The third kappa shape index (κ3) is 3.49. The molecule has 2 nitrogen and oxygen atoms in total. The van der Waals surface area contributed by atoms with E-state index in [1.54, 1.807) is 6.07 Å². The van der Waals surface area contributed by atoms with Crippen molar-refractivity contribution in [3.05, 3.63) is 27.7 Å². The van der Waals surface area contributed by atoms with Gasteiger partial charge in [-0.05, 0) is 36.8 Å². The third-order valence-corrected chi connectivity index (χ3v) is 5.21. The Hall–Kier alpha value is -0.440. The van der Waals surface area contributed by atoms with Gasteiger partial charge >= 0.3 is 0 Å². The van der Waals surface area contributed by atoms with E-state index < -0.39 is 0 Å². The number of hydrogen-bond acceptors (Lipinski definition) is 2. The quantitative estimate of drug-likeness (QED) is 0.787. The Kier molecular flexibility index (Phi) is 4.40. The molecule has 2 aliphatic rings. The lowest BCUT2D eigenvalue weighted by Gasteiger charge is -2.38. The van der Waals surface area contributed by atoms with Crippen molar-refractivity contribution >= 4 is 23.2 Å². The Morgan fingerprint density at radius 1 is 1.24 bits per heavy atom. The molecule has 0 amide bonds. The molecule has 1 aliphatic heterocycles. The van der Waals surface area contributed by atoms with E-state index in [4.69, 9.17) is 27.9 Å². The summed E-state index contributed by atoms with van der Waals surface area (Å²) in [5.41, 5.74) is 1.55. The molecule has 1 fully saturated rings. The highest BCUT2D eigenvalue weighted by Crippen LogP contribution is 2.42. The smallest absolute Gasteiger partial charge is 0.142 e. The minimum absolute atomic E-state index is 0.295. The Morgan fingerprint density at radius 2 is 2.05 bits per heavy atom. The molecule has 0 radical (unpaired) electrons. The molecule has 2 atom stereocenters. The fraction of sp³-hybridized carbons (Fsp3) is 0.647. The maximum absolute atomic E-state index is 6.26. The molecule has 21 heavy (non-hydrogen) atoms. The number of halogens is 2. The number of nitrogens with one attached hydrogen (secondary N) is 1. The molecule has 4 heteroatoms. The van der Waals surface area contributed by atoms with Crippen molar-refractivity contribution in [2.75, 3.05) is 6.61 Å². The summed E-state index contributed by atoms with van der Waals surface area (Å²) in [7, 11) is 0. The van der Waals surface area contributed by atoms with Crippen LogP contribution in [0.5, 0.6) is 5.75 Å². The molecule has 2 unspecified atom stereocenters. The van der Waals surface area contributed by atoms with Crippen LogP contribution in [0.1, 0.15) is 57.6 Å². The van der Waals surface area contributed by atoms with Gasteiger partial charge < -0.3 is 10.1 Å². The molecule has 3 rings (SSSR count). The van der Waals surface area contributed by atoms with E-state index in [1.165, 1.54) is 25.7 Å². The fourth-order valence-electron chi connectivity index (χ4n) is 3.72. The van der Waals surface area contributed by atoms with E-state index in [9.17, 15) is 0 Å². The number of rotatable bonds is 2. The minimum Gasteiger partial charge on any atom is -0.492 e. The van der Waals surface area contributed by atoms with Crippen LogP contribution in [-0.4, -0.2) is 12.6 Å². The Balaban J connectivity index is 1.79. The zero-order valence-corrected chi connectivity index (χ0v) is 14.2. The fourth-order valence-corrected chi connectivity index (χ4v) is 4.29. The average molecular weight is 328 g/mol. The van der Waals surface area contributed by atoms with Gasteiger partial charge in [0.2, 0.25) is 0 Å². The lowest BCUT2D eigenvalue weighted by Crippen LogP contribution is -2.40. The van der Waals surface area contributed by atoms with Gasteiger partial charge in [-0.1, -0.05) is 43.5 Å². The van der Waals surface area contributed by atoms with Gasteiger partial charge in [0.05, 0.1) is 11.6 Å². The molecule has 1 N–H and O–H groups in total. The second-order valence-electron chi connectivity index (χ2n) is 7.12.